The van der Waals surface area contributed by atoms with Crippen molar-refractivity contribution in [2.45, 2.75) is 31.8 Å². The molecule has 0 spiro atoms. The van der Waals surface area contributed by atoms with Gasteiger partial charge in [-0.05, 0) is 37.1 Å². The molecule has 1 fully saturated rings. The maximum atomic E-state index is 10.9. The van der Waals surface area contributed by atoms with Gasteiger partial charge in [0.25, 0.3) is 0 Å². The van der Waals surface area contributed by atoms with Crippen molar-refractivity contribution in [1.29, 1.82) is 0 Å². The molecule has 0 radical (unpaired) electrons. The highest BCUT2D eigenvalue weighted by Gasteiger charge is 2.21. The van der Waals surface area contributed by atoms with Crippen LogP contribution in [0, 0.1) is 0 Å². The van der Waals surface area contributed by atoms with Gasteiger partial charge in [0.2, 0.25) is 0 Å². The Morgan fingerprint density at radius 2 is 2.22 bits per heavy atom. The molecule has 1 saturated heterocycles. The van der Waals surface area contributed by atoms with E-state index in [9.17, 15) is 9.90 Å². The van der Waals surface area contributed by atoms with Crippen LogP contribution >= 0.6 is 0 Å². The number of aliphatic hydroxyl groups is 1. The van der Waals surface area contributed by atoms with Crippen LogP contribution in [0.2, 0.25) is 0 Å². The van der Waals surface area contributed by atoms with Crippen molar-refractivity contribution in [3.05, 3.63) is 35.4 Å². The predicted octanol–water partition coefficient (Wildman–Crippen LogP) is 1.73. The van der Waals surface area contributed by atoms with E-state index in [2.05, 4.69) is 4.90 Å². The number of aliphatic hydroxyl groups excluding tert-OH is 1. The zero-order chi connectivity index (χ0) is 13.0. The Hall–Kier alpha value is -1.39. The minimum Gasteiger partial charge on any atom is -0.478 e. The molecule has 4 heteroatoms. The van der Waals surface area contributed by atoms with E-state index in [1.807, 2.05) is 6.07 Å². The third kappa shape index (κ3) is 3.09. The van der Waals surface area contributed by atoms with Crippen molar-refractivity contribution >= 4 is 5.97 Å². The molecule has 1 aliphatic rings. The number of likely N-dealkylation sites (tertiary alicyclic amines) is 1. The first-order valence-corrected chi connectivity index (χ1v) is 6.38. The van der Waals surface area contributed by atoms with E-state index in [4.69, 9.17) is 5.11 Å². The average molecular weight is 249 g/mol. The zero-order valence-corrected chi connectivity index (χ0v) is 10.4. The topological polar surface area (TPSA) is 60.8 Å². The Bertz CT molecular complexity index is 419. The van der Waals surface area contributed by atoms with Crippen molar-refractivity contribution in [2.24, 2.45) is 0 Å². The normalized spacial score (nSPS) is 20.8. The second kappa shape index (κ2) is 5.98. The van der Waals surface area contributed by atoms with Crippen molar-refractivity contribution in [3.8, 4) is 0 Å². The summed E-state index contributed by atoms with van der Waals surface area (Å²) in [6.45, 7) is 1.87. The molecule has 1 heterocycles. The van der Waals surface area contributed by atoms with Crippen molar-refractivity contribution < 1.29 is 15.0 Å². The summed E-state index contributed by atoms with van der Waals surface area (Å²) < 4.78 is 0. The van der Waals surface area contributed by atoms with Crippen LogP contribution in [0.3, 0.4) is 0 Å². The Morgan fingerprint density at radius 3 is 2.94 bits per heavy atom. The quantitative estimate of drug-likeness (QED) is 0.853. The lowest BCUT2D eigenvalue weighted by Crippen LogP contribution is -2.41. The fourth-order valence-corrected chi connectivity index (χ4v) is 2.51. The summed E-state index contributed by atoms with van der Waals surface area (Å²) in [5.41, 5.74) is 1.32. The molecular formula is C14H19NO3. The molecule has 0 aliphatic carbocycles. The number of carboxylic acids is 1. The molecule has 0 saturated carbocycles. The molecule has 1 aromatic carbocycles. The van der Waals surface area contributed by atoms with Gasteiger partial charge in [0.05, 0.1) is 12.2 Å². The summed E-state index contributed by atoms with van der Waals surface area (Å²) in [6, 6.07) is 7.25. The molecule has 1 aromatic rings. The van der Waals surface area contributed by atoms with E-state index in [0.29, 0.717) is 12.1 Å². The number of benzene rings is 1. The first kappa shape index (κ1) is 13.1. The van der Waals surface area contributed by atoms with Gasteiger partial charge in [0.15, 0.2) is 0 Å². The lowest BCUT2D eigenvalue weighted by Gasteiger charge is -2.34. The van der Waals surface area contributed by atoms with Gasteiger partial charge >= 0.3 is 5.97 Å². The van der Waals surface area contributed by atoms with Gasteiger partial charge in [-0.1, -0.05) is 18.6 Å². The number of carboxylic acid groups (broad SMARTS) is 1. The number of nitrogens with zero attached hydrogens (tertiary/aromatic N) is 1. The van der Waals surface area contributed by atoms with Crippen molar-refractivity contribution in [3.63, 3.8) is 0 Å². The van der Waals surface area contributed by atoms with Crippen molar-refractivity contribution in [2.75, 3.05) is 13.2 Å². The average Bonchev–Trinajstić information content (AvgIpc) is 2.39. The molecule has 1 aliphatic heterocycles. The summed E-state index contributed by atoms with van der Waals surface area (Å²) in [6.07, 6.45) is 3.33. The highest BCUT2D eigenvalue weighted by atomic mass is 16.4. The smallest absolute Gasteiger partial charge is 0.335 e. The largest absolute Gasteiger partial charge is 0.478 e. The molecule has 18 heavy (non-hydrogen) atoms. The SMILES string of the molecule is O=C(O)c1cccc(CN2CCCCC2CO)c1. The standard InChI is InChI=1S/C14H19NO3/c16-10-13-6-1-2-7-15(13)9-11-4-3-5-12(8-11)14(17)18/h3-5,8,13,16H,1-2,6-7,9-10H2,(H,17,18). The Labute approximate surface area is 107 Å². The van der Waals surface area contributed by atoms with Gasteiger partial charge in [-0.25, -0.2) is 4.79 Å². The predicted molar refractivity (Wildman–Crippen MR) is 68.5 cm³/mol. The molecule has 98 valence electrons. The summed E-state index contributed by atoms with van der Waals surface area (Å²) in [5.74, 6) is -0.894. The first-order valence-electron chi connectivity index (χ1n) is 6.38. The number of rotatable bonds is 4. The van der Waals surface area contributed by atoms with E-state index >= 15 is 0 Å². The van der Waals surface area contributed by atoms with Gasteiger partial charge in [-0.15, -0.1) is 0 Å². The highest BCUT2D eigenvalue weighted by molar-refractivity contribution is 5.87. The fraction of sp³-hybridized carbons (Fsp3) is 0.500. The molecule has 1 atom stereocenters. The van der Waals surface area contributed by atoms with Gasteiger partial charge in [0.1, 0.15) is 0 Å². The van der Waals surface area contributed by atoms with E-state index in [1.165, 1.54) is 0 Å². The van der Waals surface area contributed by atoms with Gasteiger partial charge in [-0.3, -0.25) is 4.90 Å². The molecular weight excluding hydrogens is 230 g/mol. The Kier molecular flexibility index (Phi) is 4.33. The third-order valence-electron chi connectivity index (χ3n) is 3.52. The summed E-state index contributed by atoms with van der Waals surface area (Å²) in [4.78, 5) is 13.2. The van der Waals surface area contributed by atoms with E-state index < -0.39 is 5.97 Å². The van der Waals surface area contributed by atoms with Crippen LogP contribution in [-0.2, 0) is 6.54 Å². The highest BCUT2D eigenvalue weighted by Crippen LogP contribution is 2.19. The summed E-state index contributed by atoms with van der Waals surface area (Å²) in [5, 5.41) is 18.3. The second-order valence-electron chi connectivity index (χ2n) is 4.81. The molecule has 4 nitrogen and oxygen atoms in total. The molecule has 2 rings (SSSR count). The van der Waals surface area contributed by atoms with Crippen LogP contribution in [0.15, 0.2) is 24.3 Å². The maximum Gasteiger partial charge on any atom is 0.335 e. The first-order chi connectivity index (χ1) is 8.70. The Morgan fingerprint density at radius 1 is 1.39 bits per heavy atom. The van der Waals surface area contributed by atoms with E-state index in [0.717, 1.165) is 31.4 Å². The van der Waals surface area contributed by atoms with Crippen LogP contribution in [0.5, 0.6) is 0 Å². The van der Waals surface area contributed by atoms with Crippen LogP contribution in [0.4, 0.5) is 0 Å². The number of aromatic carboxylic acids is 1. The minimum atomic E-state index is -0.894. The zero-order valence-electron chi connectivity index (χ0n) is 10.4. The number of piperidine rings is 1. The lowest BCUT2D eigenvalue weighted by molar-refractivity contribution is 0.0695. The van der Waals surface area contributed by atoms with Crippen LogP contribution in [0.25, 0.3) is 0 Å². The molecule has 2 N–H and O–H groups in total. The Balaban J connectivity index is 2.07. The lowest BCUT2D eigenvalue weighted by atomic mass is 10.0. The number of carbonyl (C=O) groups is 1. The molecule has 0 amide bonds. The van der Waals surface area contributed by atoms with E-state index in [1.54, 1.807) is 18.2 Å². The monoisotopic (exact) mass is 249 g/mol. The summed E-state index contributed by atoms with van der Waals surface area (Å²) in [7, 11) is 0. The molecule has 1 unspecified atom stereocenters. The van der Waals surface area contributed by atoms with Gasteiger partial charge < -0.3 is 10.2 Å². The minimum absolute atomic E-state index is 0.179. The van der Waals surface area contributed by atoms with Gasteiger partial charge in [-0.2, -0.15) is 0 Å². The van der Waals surface area contributed by atoms with Crippen LogP contribution in [0.1, 0.15) is 35.2 Å². The number of hydrogen-bond donors (Lipinski definition) is 2. The van der Waals surface area contributed by atoms with Crippen molar-refractivity contribution in [1.82, 2.24) is 4.90 Å². The maximum absolute atomic E-state index is 10.9. The van der Waals surface area contributed by atoms with Gasteiger partial charge in [0, 0.05) is 12.6 Å². The number of hydrogen-bond acceptors (Lipinski definition) is 3. The fourth-order valence-electron chi connectivity index (χ4n) is 2.51. The molecule has 0 bridgehead atoms. The summed E-state index contributed by atoms with van der Waals surface area (Å²) >= 11 is 0. The molecule has 0 aromatic heterocycles. The third-order valence-corrected chi connectivity index (χ3v) is 3.52. The van der Waals surface area contributed by atoms with Crippen LogP contribution < -0.4 is 0 Å². The second-order valence-corrected chi connectivity index (χ2v) is 4.81. The van der Waals surface area contributed by atoms with Crippen LogP contribution in [-0.4, -0.2) is 40.3 Å². The van der Waals surface area contributed by atoms with E-state index in [-0.39, 0.29) is 12.6 Å².